The molecule has 2 unspecified atom stereocenters. The van der Waals surface area contributed by atoms with Gasteiger partial charge in [0.05, 0.1) is 18.8 Å². The van der Waals surface area contributed by atoms with E-state index < -0.39 is 0 Å². The Morgan fingerprint density at radius 2 is 2.10 bits per heavy atom. The molecule has 1 saturated carbocycles. The second kappa shape index (κ2) is 5.84. The standard InChI is InChI=1S/C17H26N2O/c1-12-4-7-15(13(2)10-12)17-16(11-18-14-5-6-14)20-9-8-19(17)3/h4,7,10,14,16-18H,5-6,8-9,11H2,1-3H3. The van der Waals surface area contributed by atoms with E-state index in [4.69, 9.17) is 4.74 Å². The Morgan fingerprint density at radius 3 is 2.80 bits per heavy atom. The first-order valence-electron chi connectivity index (χ1n) is 7.77. The van der Waals surface area contributed by atoms with Crippen molar-refractivity contribution in [3.05, 3.63) is 34.9 Å². The minimum Gasteiger partial charge on any atom is -0.374 e. The molecule has 1 aromatic carbocycles. The normalized spacial score (nSPS) is 27.8. The maximum atomic E-state index is 6.07. The third-order valence-corrected chi connectivity index (χ3v) is 4.53. The van der Waals surface area contributed by atoms with Crippen LogP contribution in [0.25, 0.3) is 0 Å². The van der Waals surface area contributed by atoms with Gasteiger partial charge in [0.2, 0.25) is 0 Å². The molecule has 3 heteroatoms. The number of nitrogens with one attached hydrogen (secondary N) is 1. The first kappa shape index (κ1) is 14.1. The molecule has 0 aromatic heterocycles. The van der Waals surface area contributed by atoms with Crippen LogP contribution in [0.1, 0.15) is 35.6 Å². The van der Waals surface area contributed by atoms with Crippen LogP contribution in [-0.4, -0.2) is 43.8 Å². The molecule has 1 aliphatic carbocycles. The Balaban J connectivity index is 1.80. The summed E-state index contributed by atoms with van der Waals surface area (Å²) < 4.78 is 6.07. The fourth-order valence-corrected chi connectivity index (χ4v) is 3.20. The number of ether oxygens (including phenoxy) is 1. The molecule has 1 aliphatic heterocycles. The molecule has 0 amide bonds. The zero-order valence-corrected chi connectivity index (χ0v) is 12.9. The average Bonchev–Trinajstić information content (AvgIpc) is 3.22. The SMILES string of the molecule is Cc1ccc(C2C(CNC3CC3)OCCN2C)c(C)c1. The number of likely N-dealkylation sites (N-methyl/N-ethyl adjacent to an activating group) is 1. The zero-order chi connectivity index (χ0) is 14.1. The van der Waals surface area contributed by atoms with Crippen molar-refractivity contribution in [3.8, 4) is 0 Å². The predicted octanol–water partition coefficient (Wildman–Crippen LogP) is 2.43. The first-order valence-corrected chi connectivity index (χ1v) is 7.77. The molecule has 110 valence electrons. The van der Waals surface area contributed by atoms with Gasteiger partial charge in [0, 0.05) is 19.1 Å². The van der Waals surface area contributed by atoms with Crippen molar-refractivity contribution in [2.75, 3.05) is 26.7 Å². The molecule has 1 heterocycles. The summed E-state index contributed by atoms with van der Waals surface area (Å²) in [6.45, 7) is 7.19. The van der Waals surface area contributed by atoms with Crippen LogP contribution in [0.5, 0.6) is 0 Å². The highest BCUT2D eigenvalue weighted by atomic mass is 16.5. The molecule has 20 heavy (non-hydrogen) atoms. The van der Waals surface area contributed by atoms with Crippen LogP contribution < -0.4 is 5.32 Å². The van der Waals surface area contributed by atoms with Gasteiger partial charge in [-0.25, -0.2) is 0 Å². The number of hydrogen-bond donors (Lipinski definition) is 1. The molecular weight excluding hydrogens is 248 g/mol. The topological polar surface area (TPSA) is 24.5 Å². The third-order valence-electron chi connectivity index (χ3n) is 4.53. The predicted molar refractivity (Wildman–Crippen MR) is 82.1 cm³/mol. The molecule has 0 radical (unpaired) electrons. The lowest BCUT2D eigenvalue weighted by atomic mass is 9.93. The van der Waals surface area contributed by atoms with E-state index in [9.17, 15) is 0 Å². The third kappa shape index (κ3) is 3.05. The van der Waals surface area contributed by atoms with Crippen LogP contribution in [0.2, 0.25) is 0 Å². The molecule has 2 atom stereocenters. The molecule has 3 rings (SSSR count). The van der Waals surface area contributed by atoms with Crippen LogP contribution in [0, 0.1) is 13.8 Å². The molecular formula is C17H26N2O. The molecule has 1 aromatic rings. The number of benzene rings is 1. The molecule has 0 bridgehead atoms. The molecule has 3 nitrogen and oxygen atoms in total. The van der Waals surface area contributed by atoms with Gasteiger partial charge in [-0.3, -0.25) is 4.90 Å². The second-order valence-corrected chi connectivity index (χ2v) is 6.38. The summed E-state index contributed by atoms with van der Waals surface area (Å²) in [5.74, 6) is 0. The van der Waals surface area contributed by atoms with E-state index in [0.29, 0.717) is 6.04 Å². The second-order valence-electron chi connectivity index (χ2n) is 6.38. The first-order chi connectivity index (χ1) is 9.65. The van der Waals surface area contributed by atoms with Crippen LogP contribution in [-0.2, 0) is 4.74 Å². The maximum absolute atomic E-state index is 6.07. The van der Waals surface area contributed by atoms with Crippen molar-refractivity contribution in [2.45, 2.75) is 44.9 Å². The number of aryl methyl sites for hydroxylation is 2. The van der Waals surface area contributed by atoms with E-state index in [1.807, 2.05) is 0 Å². The molecule has 1 N–H and O–H groups in total. The quantitative estimate of drug-likeness (QED) is 0.912. The van der Waals surface area contributed by atoms with E-state index in [-0.39, 0.29) is 6.10 Å². The Labute approximate surface area is 122 Å². The van der Waals surface area contributed by atoms with Gasteiger partial charge in [0.25, 0.3) is 0 Å². The highest BCUT2D eigenvalue weighted by Gasteiger charge is 2.33. The van der Waals surface area contributed by atoms with Crippen LogP contribution in [0.3, 0.4) is 0 Å². The average molecular weight is 274 g/mol. The smallest absolute Gasteiger partial charge is 0.0896 e. The van der Waals surface area contributed by atoms with Crippen molar-refractivity contribution in [1.29, 1.82) is 0 Å². The summed E-state index contributed by atoms with van der Waals surface area (Å²) in [4.78, 5) is 2.44. The van der Waals surface area contributed by atoms with Gasteiger partial charge in [-0.15, -0.1) is 0 Å². The van der Waals surface area contributed by atoms with Gasteiger partial charge in [0.15, 0.2) is 0 Å². The van der Waals surface area contributed by atoms with E-state index in [0.717, 1.165) is 25.7 Å². The van der Waals surface area contributed by atoms with Crippen molar-refractivity contribution in [1.82, 2.24) is 10.2 Å². The summed E-state index contributed by atoms with van der Waals surface area (Å²) >= 11 is 0. The lowest BCUT2D eigenvalue weighted by Gasteiger charge is -2.40. The van der Waals surface area contributed by atoms with Crippen LogP contribution >= 0.6 is 0 Å². The Bertz CT molecular complexity index is 470. The summed E-state index contributed by atoms with van der Waals surface area (Å²) in [5, 5.41) is 3.63. The van der Waals surface area contributed by atoms with Gasteiger partial charge in [-0.2, -0.15) is 0 Å². The molecule has 2 aliphatic rings. The lowest BCUT2D eigenvalue weighted by molar-refractivity contribution is -0.0617. The van der Waals surface area contributed by atoms with E-state index in [1.165, 1.54) is 29.5 Å². The van der Waals surface area contributed by atoms with Gasteiger partial charge < -0.3 is 10.1 Å². The number of rotatable bonds is 4. The van der Waals surface area contributed by atoms with Crippen molar-refractivity contribution >= 4 is 0 Å². The van der Waals surface area contributed by atoms with Gasteiger partial charge >= 0.3 is 0 Å². The van der Waals surface area contributed by atoms with Crippen LogP contribution in [0.15, 0.2) is 18.2 Å². The number of hydrogen-bond acceptors (Lipinski definition) is 3. The Hall–Kier alpha value is -0.900. The van der Waals surface area contributed by atoms with Crippen molar-refractivity contribution in [3.63, 3.8) is 0 Å². The van der Waals surface area contributed by atoms with Crippen molar-refractivity contribution < 1.29 is 4.74 Å². The van der Waals surface area contributed by atoms with Crippen molar-refractivity contribution in [2.24, 2.45) is 0 Å². The number of morpholine rings is 1. The summed E-state index contributed by atoms with van der Waals surface area (Å²) in [6, 6.07) is 7.89. The van der Waals surface area contributed by atoms with E-state index in [1.54, 1.807) is 0 Å². The summed E-state index contributed by atoms with van der Waals surface area (Å²) in [5.41, 5.74) is 4.13. The van der Waals surface area contributed by atoms with Gasteiger partial charge in [-0.05, 0) is 44.9 Å². The summed E-state index contributed by atoms with van der Waals surface area (Å²) in [6.07, 6.45) is 2.92. The zero-order valence-electron chi connectivity index (χ0n) is 12.9. The minimum atomic E-state index is 0.260. The van der Waals surface area contributed by atoms with Crippen LogP contribution in [0.4, 0.5) is 0 Å². The summed E-state index contributed by atoms with van der Waals surface area (Å²) in [7, 11) is 2.22. The Kier molecular flexibility index (Phi) is 4.11. The van der Waals surface area contributed by atoms with Gasteiger partial charge in [0.1, 0.15) is 0 Å². The fraction of sp³-hybridized carbons (Fsp3) is 0.647. The van der Waals surface area contributed by atoms with E-state index >= 15 is 0 Å². The lowest BCUT2D eigenvalue weighted by Crippen LogP contribution is -2.48. The molecule has 1 saturated heterocycles. The van der Waals surface area contributed by atoms with E-state index in [2.05, 4.69) is 49.3 Å². The maximum Gasteiger partial charge on any atom is 0.0896 e. The highest BCUT2D eigenvalue weighted by Crippen LogP contribution is 2.31. The Morgan fingerprint density at radius 1 is 1.30 bits per heavy atom. The van der Waals surface area contributed by atoms with Gasteiger partial charge in [-0.1, -0.05) is 23.8 Å². The minimum absolute atomic E-state index is 0.260. The molecule has 0 spiro atoms. The highest BCUT2D eigenvalue weighted by molar-refractivity contribution is 5.33. The largest absolute Gasteiger partial charge is 0.374 e. The monoisotopic (exact) mass is 274 g/mol. The fourth-order valence-electron chi connectivity index (χ4n) is 3.20. The molecule has 2 fully saturated rings. The number of nitrogens with zero attached hydrogens (tertiary/aromatic N) is 1.